The summed E-state index contributed by atoms with van der Waals surface area (Å²) < 4.78 is 0.816. The van der Waals surface area contributed by atoms with Gasteiger partial charge < -0.3 is 10.6 Å². The van der Waals surface area contributed by atoms with Gasteiger partial charge in [-0.2, -0.15) is 0 Å². The van der Waals surface area contributed by atoms with E-state index in [0.29, 0.717) is 18.9 Å². The van der Waals surface area contributed by atoms with Gasteiger partial charge in [-0.25, -0.2) is 0 Å². The fourth-order valence-corrected chi connectivity index (χ4v) is 1.75. The average Bonchev–Trinajstić information content (AvgIpc) is 2.16. The minimum absolute atomic E-state index is 0.137. The highest BCUT2D eigenvalue weighted by atomic mass is 79.9. The van der Waals surface area contributed by atoms with Crippen molar-refractivity contribution in [3.63, 3.8) is 0 Å². The summed E-state index contributed by atoms with van der Waals surface area (Å²) in [7, 11) is 0. The molecule has 0 radical (unpaired) electrons. The van der Waals surface area contributed by atoms with E-state index >= 15 is 0 Å². The molecule has 0 aromatic rings. The lowest BCUT2D eigenvalue weighted by atomic mass is 9.94. The molecular weight excluding hydrogens is 244 g/mol. The van der Waals surface area contributed by atoms with Gasteiger partial charge >= 0.3 is 0 Å². The largest absolute Gasteiger partial charge is 0.352 e. The first-order valence-electron chi connectivity index (χ1n) is 4.99. The van der Waals surface area contributed by atoms with E-state index in [4.69, 9.17) is 0 Å². The van der Waals surface area contributed by atoms with Crippen LogP contribution in [0, 0.1) is 5.92 Å². The van der Waals surface area contributed by atoms with Crippen LogP contribution in [0.2, 0.25) is 0 Å². The summed E-state index contributed by atoms with van der Waals surface area (Å²) in [6.45, 7) is 6.29. The quantitative estimate of drug-likeness (QED) is 0.803. The van der Waals surface area contributed by atoms with E-state index in [1.54, 1.807) is 0 Å². The van der Waals surface area contributed by atoms with Gasteiger partial charge in [0.25, 0.3) is 0 Å². The Balaban J connectivity index is 2.15. The number of nitrogens with one attached hydrogen (secondary N) is 2. The van der Waals surface area contributed by atoms with E-state index in [1.807, 2.05) is 0 Å². The lowest BCUT2D eigenvalue weighted by Gasteiger charge is -2.21. The Morgan fingerprint density at radius 2 is 2.14 bits per heavy atom. The van der Waals surface area contributed by atoms with E-state index in [2.05, 4.69) is 33.1 Å². The molecule has 0 aromatic heterocycles. The summed E-state index contributed by atoms with van der Waals surface area (Å²) in [5.41, 5.74) is 0. The number of hydrogen-bond donors (Lipinski definition) is 2. The molecule has 1 heterocycles. The molecule has 1 aliphatic heterocycles. The molecule has 14 heavy (non-hydrogen) atoms. The molecular formula is C10H17BrN2O. The topological polar surface area (TPSA) is 41.1 Å². The molecule has 3 nitrogen and oxygen atoms in total. The maximum absolute atomic E-state index is 11.4. The van der Waals surface area contributed by atoms with Crippen molar-refractivity contribution in [2.24, 2.45) is 5.92 Å². The summed E-state index contributed by atoms with van der Waals surface area (Å²) in [6.07, 6.45) is 2.88. The average molecular weight is 261 g/mol. The van der Waals surface area contributed by atoms with Gasteiger partial charge in [0.2, 0.25) is 5.91 Å². The second-order valence-corrected chi connectivity index (χ2v) is 4.81. The van der Waals surface area contributed by atoms with Crippen LogP contribution in [-0.2, 0) is 4.79 Å². The third-order valence-corrected chi connectivity index (χ3v) is 2.69. The number of carbonyl (C=O) groups is 1. The Kier molecular flexibility index (Phi) is 5.19. The zero-order valence-corrected chi connectivity index (χ0v) is 9.90. The lowest BCUT2D eigenvalue weighted by Crippen LogP contribution is -2.32. The molecule has 2 N–H and O–H groups in total. The lowest BCUT2D eigenvalue weighted by molar-refractivity contribution is -0.122. The maximum Gasteiger partial charge on any atom is 0.220 e. The van der Waals surface area contributed by atoms with E-state index in [0.717, 1.165) is 30.4 Å². The van der Waals surface area contributed by atoms with Crippen molar-refractivity contribution in [1.29, 1.82) is 0 Å². The first kappa shape index (κ1) is 11.7. The Bertz CT molecular complexity index is 212. The highest BCUT2D eigenvalue weighted by Gasteiger charge is 2.16. The zero-order valence-electron chi connectivity index (χ0n) is 8.31. The molecule has 1 rings (SSSR count). The van der Waals surface area contributed by atoms with E-state index in [9.17, 15) is 4.79 Å². The monoisotopic (exact) mass is 260 g/mol. The van der Waals surface area contributed by atoms with Gasteiger partial charge in [-0.15, -0.1) is 0 Å². The summed E-state index contributed by atoms with van der Waals surface area (Å²) in [4.78, 5) is 11.4. The van der Waals surface area contributed by atoms with Crippen molar-refractivity contribution < 1.29 is 4.79 Å². The van der Waals surface area contributed by atoms with Crippen molar-refractivity contribution in [3.05, 3.63) is 11.1 Å². The second-order valence-electron chi connectivity index (χ2n) is 3.69. The highest BCUT2D eigenvalue weighted by Crippen LogP contribution is 2.15. The van der Waals surface area contributed by atoms with Crippen LogP contribution >= 0.6 is 15.9 Å². The van der Waals surface area contributed by atoms with Gasteiger partial charge in [-0.1, -0.05) is 22.5 Å². The van der Waals surface area contributed by atoms with Crippen LogP contribution in [-0.4, -0.2) is 25.5 Å². The zero-order chi connectivity index (χ0) is 10.4. The minimum Gasteiger partial charge on any atom is -0.352 e. The number of rotatable bonds is 4. The number of amides is 1. The molecule has 1 saturated heterocycles. The molecule has 0 unspecified atom stereocenters. The first-order chi connectivity index (χ1) is 6.68. The predicted octanol–water partition coefficient (Wildman–Crippen LogP) is 1.40. The van der Waals surface area contributed by atoms with Crippen molar-refractivity contribution in [2.45, 2.75) is 19.3 Å². The third-order valence-electron chi connectivity index (χ3n) is 2.41. The Morgan fingerprint density at radius 3 is 2.71 bits per heavy atom. The Hall–Kier alpha value is -0.350. The summed E-state index contributed by atoms with van der Waals surface area (Å²) in [6, 6.07) is 0. The first-order valence-corrected chi connectivity index (χ1v) is 5.78. The van der Waals surface area contributed by atoms with Gasteiger partial charge in [0.15, 0.2) is 0 Å². The molecule has 0 saturated carbocycles. The molecule has 0 spiro atoms. The van der Waals surface area contributed by atoms with Crippen molar-refractivity contribution >= 4 is 21.8 Å². The van der Waals surface area contributed by atoms with Crippen LogP contribution in [0.25, 0.3) is 0 Å². The van der Waals surface area contributed by atoms with Gasteiger partial charge in [0.05, 0.1) is 0 Å². The standard InChI is InChI=1S/C10H17BrN2O/c1-8(11)7-13-10(14)6-9-2-4-12-5-3-9/h9,12H,1-7H2,(H,13,14). The predicted molar refractivity (Wildman–Crippen MR) is 61.3 cm³/mol. The fourth-order valence-electron chi connectivity index (χ4n) is 1.61. The second kappa shape index (κ2) is 6.19. The van der Waals surface area contributed by atoms with Crippen LogP contribution in [0.1, 0.15) is 19.3 Å². The van der Waals surface area contributed by atoms with Crippen LogP contribution in [0.3, 0.4) is 0 Å². The van der Waals surface area contributed by atoms with E-state index in [1.165, 1.54) is 0 Å². The number of hydrogen-bond acceptors (Lipinski definition) is 2. The molecule has 80 valence electrons. The SMILES string of the molecule is C=C(Br)CNC(=O)CC1CCNCC1. The molecule has 0 aromatic carbocycles. The fraction of sp³-hybridized carbons (Fsp3) is 0.700. The van der Waals surface area contributed by atoms with Crippen molar-refractivity contribution in [2.75, 3.05) is 19.6 Å². The molecule has 1 fully saturated rings. The smallest absolute Gasteiger partial charge is 0.220 e. The highest BCUT2D eigenvalue weighted by molar-refractivity contribution is 9.11. The number of piperidine rings is 1. The van der Waals surface area contributed by atoms with Gasteiger partial charge in [-0.3, -0.25) is 4.79 Å². The van der Waals surface area contributed by atoms with E-state index in [-0.39, 0.29) is 5.91 Å². The van der Waals surface area contributed by atoms with Gasteiger partial charge in [0.1, 0.15) is 0 Å². The van der Waals surface area contributed by atoms with Crippen LogP contribution in [0.5, 0.6) is 0 Å². The third kappa shape index (κ3) is 4.77. The summed E-state index contributed by atoms with van der Waals surface area (Å²) in [5.74, 6) is 0.692. The van der Waals surface area contributed by atoms with Crippen LogP contribution in [0.15, 0.2) is 11.1 Å². The Labute approximate surface area is 93.5 Å². The molecule has 0 bridgehead atoms. The van der Waals surface area contributed by atoms with Gasteiger partial charge in [0, 0.05) is 17.4 Å². The van der Waals surface area contributed by atoms with Gasteiger partial charge in [-0.05, 0) is 31.8 Å². The van der Waals surface area contributed by atoms with Crippen molar-refractivity contribution in [3.8, 4) is 0 Å². The molecule has 0 aliphatic carbocycles. The number of halogens is 1. The van der Waals surface area contributed by atoms with Crippen molar-refractivity contribution in [1.82, 2.24) is 10.6 Å². The summed E-state index contributed by atoms with van der Waals surface area (Å²) >= 11 is 3.21. The molecule has 1 amide bonds. The number of carbonyl (C=O) groups excluding carboxylic acids is 1. The van der Waals surface area contributed by atoms with E-state index < -0.39 is 0 Å². The molecule has 4 heteroatoms. The van der Waals surface area contributed by atoms with Crippen LogP contribution < -0.4 is 10.6 Å². The Morgan fingerprint density at radius 1 is 1.50 bits per heavy atom. The molecule has 0 atom stereocenters. The van der Waals surface area contributed by atoms with Crippen LogP contribution in [0.4, 0.5) is 0 Å². The molecule has 1 aliphatic rings. The maximum atomic E-state index is 11.4. The minimum atomic E-state index is 0.137. The normalized spacial score (nSPS) is 17.8. The summed E-state index contributed by atoms with van der Waals surface area (Å²) in [5, 5.41) is 6.11.